The molecule has 2 aromatic rings. The monoisotopic (exact) mass is 469 g/mol. The normalized spacial score (nSPS) is 18.1. The van der Waals surface area contributed by atoms with Crippen molar-refractivity contribution >= 4 is 49.7 Å². The maximum Gasteiger partial charge on any atom is 0.258 e. The molecule has 0 unspecified atom stereocenters. The van der Waals surface area contributed by atoms with E-state index in [9.17, 15) is 13.2 Å². The Bertz CT molecular complexity index is 964. The van der Waals surface area contributed by atoms with E-state index in [4.69, 9.17) is 11.6 Å². The first-order valence-corrected chi connectivity index (χ1v) is 10.8. The van der Waals surface area contributed by atoms with E-state index in [1.165, 1.54) is 34.8 Å². The van der Waals surface area contributed by atoms with Gasteiger partial charge in [0.25, 0.3) is 5.91 Å². The summed E-state index contributed by atoms with van der Waals surface area (Å²) in [5, 5.41) is 4.39. The first-order chi connectivity index (χ1) is 12.9. The van der Waals surface area contributed by atoms with Crippen LogP contribution in [0.4, 0.5) is 0 Å². The number of nitrogens with one attached hydrogen (secondary N) is 1. The zero-order valence-electron chi connectivity index (χ0n) is 14.2. The molecule has 27 heavy (non-hydrogen) atoms. The van der Waals surface area contributed by atoms with E-state index < -0.39 is 22.0 Å². The molecule has 0 aromatic heterocycles. The average molecular weight is 471 g/mol. The summed E-state index contributed by atoms with van der Waals surface area (Å²) >= 11 is 9.19. The van der Waals surface area contributed by atoms with Gasteiger partial charge in [0.1, 0.15) is 6.04 Å². The van der Waals surface area contributed by atoms with Crippen LogP contribution in [-0.2, 0) is 14.8 Å². The van der Waals surface area contributed by atoms with Gasteiger partial charge in [-0.2, -0.15) is 9.41 Å². The van der Waals surface area contributed by atoms with Gasteiger partial charge in [-0.15, -0.1) is 0 Å². The molecule has 1 heterocycles. The van der Waals surface area contributed by atoms with E-state index in [0.717, 1.165) is 10.0 Å². The van der Waals surface area contributed by atoms with Crippen LogP contribution in [0.3, 0.4) is 0 Å². The van der Waals surface area contributed by atoms with Gasteiger partial charge in [0.15, 0.2) is 0 Å². The predicted octanol–water partition coefficient (Wildman–Crippen LogP) is 3.41. The lowest BCUT2D eigenvalue weighted by atomic mass is 10.2. The molecule has 0 spiro atoms. The zero-order valence-corrected chi connectivity index (χ0v) is 17.3. The molecule has 1 aliphatic rings. The molecule has 1 fully saturated rings. The van der Waals surface area contributed by atoms with Crippen molar-refractivity contribution in [1.82, 2.24) is 9.73 Å². The highest BCUT2D eigenvalue weighted by Crippen LogP contribution is 2.27. The maximum absolute atomic E-state index is 12.9. The summed E-state index contributed by atoms with van der Waals surface area (Å²) in [6.07, 6.45) is 2.57. The van der Waals surface area contributed by atoms with Gasteiger partial charge in [-0.1, -0.05) is 39.7 Å². The number of hydrogen-bond acceptors (Lipinski definition) is 4. The van der Waals surface area contributed by atoms with Crippen LogP contribution in [0.15, 0.2) is 63.0 Å². The van der Waals surface area contributed by atoms with E-state index in [1.54, 1.807) is 0 Å². The van der Waals surface area contributed by atoms with Gasteiger partial charge in [0.2, 0.25) is 10.0 Å². The third kappa shape index (κ3) is 4.76. The molecular formula is C18H17BrClN3O3S. The minimum absolute atomic E-state index is 0.115. The Balaban J connectivity index is 1.71. The lowest BCUT2D eigenvalue weighted by Gasteiger charge is -2.22. The van der Waals surface area contributed by atoms with E-state index in [1.807, 2.05) is 24.3 Å². The summed E-state index contributed by atoms with van der Waals surface area (Å²) in [6.45, 7) is 0.290. The fourth-order valence-electron chi connectivity index (χ4n) is 2.86. The van der Waals surface area contributed by atoms with Gasteiger partial charge in [-0.3, -0.25) is 4.79 Å². The molecule has 3 rings (SSSR count). The van der Waals surface area contributed by atoms with Crippen molar-refractivity contribution in [2.24, 2.45) is 5.10 Å². The quantitative estimate of drug-likeness (QED) is 0.537. The van der Waals surface area contributed by atoms with Gasteiger partial charge in [0.05, 0.1) is 11.1 Å². The van der Waals surface area contributed by atoms with Crippen LogP contribution in [-0.4, -0.2) is 37.4 Å². The number of nitrogens with zero attached hydrogens (tertiary/aromatic N) is 2. The number of hydrazone groups is 1. The van der Waals surface area contributed by atoms with Crippen molar-refractivity contribution in [1.29, 1.82) is 0 Å². The summed E-state index contributed by atoms with van der Waals surface area (Å²) in [7, 11) is -3.78. The van der Waals surface area contributed by atoms with Gasteiger partial charge < -0.3 is 0 Å². The van der Waals surface area contributed by atoms with E-state index in [-0.39, 0.29) is 4.90 Å². The second kappa shape index (κ2) is 8.52. The topological polar surface area (TPSA) is 78.8 Å². The molecule has 9 heteroatoms. The summed E-state index contributed by atoms with van der Waals surface area (Å²) in [5.74, 6) is -0.448. The number of amides is 1. The van der Waals surface area contributed by atoms with Crippen LogP contribution >= 0.6 is 27.5 Å². The second-order valence-corrected chi connectivity index (χ2v) is 9.26. The molecule has 1 atom stereocenters. The summed E-state index contributed by atoms with van der Waals surface area (Å²) in [4.78, 5) is 12.6. The Labute approximate surface area is 171 Å². The SMILES string of the molecule is O=C(N/N=C\c1cccc(Br)c1)[C@@H]1CCCN1S(=O)(=O)c1ccc(Cl)cc1. The van der Waals surface area contributed by atoms with E-state index in [0.29, 0.717) is 24.4 Å². The largest absolute Gasteiger partial charge is 0.271 e. The first kappa shape index (κ1) is 20.0. The van der Waals surface area contributed by atoms with Crippen molar-refractivity contribution < 1.29 is 13.2 Å². The molecular weight excluding hydrogens is 454 g/mol. The Morgan fingerprint density at radius 1 is 1.26 bits per heavy atom. The lowest BCUT2D eigenvalue weighted by molar-refractivity contribution is -0.124. The number of carbonyl (C=O) groups excluding carboxylic acids is 1. The lowest BCUT2D eigenvalue weighted by Crippen LogP contribution is -2.44. The van der Waals surface area contributed by atoms with Gasteiger partial charge in [0, 0.05) is 16.0 Å². The second-order valence-electron chi connectivity index (χ2n) is 6.02. The number of carbonyl (C=O) groups is 1. The Kier molecular flexibility index (Phi) is 6.31. The summed E-state index contributed by atoms with van der Waals surface area (Å²) < 4.78 is 27.8. The highest BCUT2D eigenvalue weighted by atomic mass is 79.9. The number of sulfonamides is 1. The van der Waals surface area contributed by atoms with Crippen LogP contribution in [0.1, 0.15) is 18.4 Å². The third-order valence-electron chi connectivity index (χ3n) is 4.16. The molecule has 6 nitrogen and oxygen atoms in total. The number of halogens is 2. The molecule has 1 saturated heterocycles. The number of benzene rings is 2. The Morgan fingerprint density at radius 2 is 2.00 bits per heavy atom. The van der Waals surface area contributed by atoms with Crippen LogP contribution in [0.5, 0.6) is 0 Å². The fourth-order valence-corrected chi connectivity index (χ4v) is 5.06. The van der Waals surface area contributed by atoms with Crippen molar-refractivity contribution in [3.05, 3.63) is 63.6 Å². The maximum atomic E-state index is 12.9. The zero-order chi connectivity index (χ0) is 19.4. The molecule has 1 amide bonds. The number of hydrogen-bond donors (Lipinski definition) is 1. The Morgan fingerprint density at radius 3 is 2.70 bits per heavy atom. The van der Waals surface area contributed by atoms with Gasteiger partial charge in [-0.25, -0.2) is 13.8 Å². The van der Waals surface area contributed by atoms with Crippen LogP contribution in [0.25, 0.3) is 0 Å². The smallest absolute Gasteiger partial charge is 0.258 e. The van der Waals surface area contributed by atoms with E-state index in [2.05, 4.69) is 26.5 Å². The standard InChI is InChI=1S/C18H17BrClN3O3S/c19-14-4-1-3-13(11-14)12-21-22-18(24)17-5-2-10-23(17)27(25,26)16-8-6-15(20)7-9-16/h1,3-4,6-9,11-12,17H,2,5,10H2,(H,22,24)/b21-12-/t17-/m0/s1. The highest BCUT2D eigenvalue weighted by molar-refractivity contribution is 9.10. The fraction of sp³-hybridized carbons (Fsp3) is 0.222. The van der Waals surface area contributed by atoms with Crippen LogP contribution in [0, 0.1) is 0 Å². The molecule has 1 N–H and O–H groups in total. The van der Waals surface area contributed by atoms with Crippen molar-refractivity contribution in [3.63, 3.8) is 0 Å². The molecule has 0 aliphatic carbocycles. The summed E-state index contributed by atoms with van der Waals surface area (Å²) in [5.41, 5.74) is 3.25. The first-order valence-electron chi connectivity index (χ1n) is 8.24. The summed E-state index contributed by atoms with van der Waals surface area (Å²) in [6, 6.07) is 12.6. The molecule has 0 saturated carbocycles. The average Bonchev–Trinajstić information content (AvgIpc) is 3.13. The molecule has 0 radical (unpaired) electrons. The molecule has 2 aromatic carbocycles. The Hall–Kier alpha value is -1.74. The minimum atomic E-state index is -3.78. The minimum Gasteiger partial charge on any atom is -0.271 e. The number of rotatable bonds is 5. The van der Waals surface area contributed by atoms with E-state index >= 15 is 0 Å². The third-order valence-corrected chi connectivity index (χ3v) is 6.83. The van der Waals surface area contributed by atoms with Crippen LogP contribution < -0.4 is 5.43 Å². The van der Waals surface area contributed by atoms with Gasteiger partial charge in [-0.05, 0) is 54.8 Å². The van der Waals surface area contributed by atoms with Crippen molar-refractivity contribution in [2.75, 3.05) is 6.54 Å². The molecule has 1 aliphatic heterocycles. The predicted molar refractivity (Wildman–Crippen MR) is 108 cm³/mol. The van der Waals surface area contributed by atoms with Crippen molar-refractivity contribution in [3.8, 4) is 0 Å². The van der Waals surface area contributed by atoms with Crippen molar-refractivity contribution in [2.45, 2.75) is 23.8 Å². The molecule has 0 bridgehead atoms. The molecule has 142 valence electrons. The van der Waals surface area contributed by atoms with Crippen LogP contribution in [0.2, 0.25) is 5.02 Å². The highest BCUT2D eigenvalue weighted by Gasteiger charge is 2.39. The van der Waals surface area contributed by atoms with Gasteiger partial charge >= 0.3 is 0 Å².